The Morgan fingerprint density at radius 3 is 1.34 bits per heavy atom. The zero-order valence-corrected chi connectivity index (χ0v) is 31.2. The Bertz CT molecular complexity index is 3030. The molecule has 1 aliphatic carbocycles. The molecule has 0 bridgehead atoms. The van der Waals surface area contributed by atoms with E-state index in [-0.39, 0.29) is 0 Å². The van der Waals surface area contributed by atoms with E-state index in [4.69, 9.17) is 26.3 Å². The van der Waals surface area contributed by atoms with Crippen LogP contribution in [0.25, 0.3) is 72.4 Å². The maximum atomic E-state index is 7.41. The van der Waals surface area contributed by atoms with Crippen molar-refractivity contribution < 1.29 is 4.74 Å². The van der Waals surface area contributed by atoms with E-state index in [1.807, 2.05) is 36.4 Å². The molecule has 0 atom stereocenters. The number of hydrogen-bond donors (Lipinski definition) is 0. The molecule has 0 fully saturated rings. The fraction of sp³-hybridized carbons (Fsp3) is 0.0189. The lowest BCUT2D eigenvalue weighted by Gasteiger charge is -2.39. The third-order valence-corrected chi connectivity index (χ3v) is 11.5. The molecule has 0 saturated heterocycles. The van der Waals surface area contributed by atoms with E-state index in [1.54, 1.807) is 12.1 Å². The predicted octanol–water partition coefficient (Wildman–Crippen LogP) is 13.2. The van der Waals surface area contributed by atoms with Crippen molar-refractivity contribution in [3.8, 4) is 79.0 Å². The van der Waals surface area contributed by atoms with Crippen LogP contribution >= 0.6 is 0 Å². The summed E-state index contributed by atoms with van der Waals surface area (Å²) in [4.78, 5) is 18.4. The number of benzene rings is 8. The molecule has 5 heteroatoms. The molecule has 8 aromatic carbocycles. The Morgan fingerprint density at radius 2 is 0.776 bits per heavy atom. The highest BCUT2D eigenvalue weighted by Gasteiger charge is 2.50. The SMILES string of the molecule is [C-]#[N+]c1ccc(-c2nc(-c3ccc(-c4ccccc4)cc3)nc(-c3ccc(-c4ccc5c(c4)Oc4ccccc4C54c5ccccc5-c5ccccc54)cc3)n2)cc1. The number of nitrogens with zero attached hydrogens (tertiary/aromatic N) is 4. The molecule has 11 rings (SSSR count). The largest absolute Gasteiger partial charge is 0.457 e. The molecule has 2 aliphatic rings. The molecule has 0 radical (unpaired) electrons. The van der Waals surface area contributed by atoms with Crippen molar-refractivity contribution in [3.63, 3.8) is 0 Å². The Labute approximate surface area is 336 Å². The topological polar surface area (TPSA) is 52.3 Å². The maximum Gasteiger partial charge on any atom is 0.187 e. The van der Waals surface area contributed by atoms with E-state index in [0.717, 1.165) is 61.6 Å². The van der Waals surface area contributed by atoms with E-state index >= 15 is 0 Å². The van der Waals surface area contributed by atoms with Gasteiger partial charge in [0.1, 0.15) is 11.5 Å². The van der Waals surface area contributed by atoms with Crippen molar-refractivity contribution in [1.82, 2.24) is 15.0 Å². The van der Waals surface area contributed by atoms with Crippen LogP contribution in [0.5, 0.6) is 11.5 Å². The first-order chi connectivity index (χ1) is 28.7. The molecule has 5 nitrogen and oxygen atoms in total. The van der Waals surface area contributed by atoms with Gasteiger partial charge in [0.25, 0.3) is 0 Å². The molecule has 1 spiro atoms. The first-order valence-electron chi connectivity index (χ1n) is 19.3. The molecule has 58 heavy (non-hydrogen) atoms. The average Bonchev–Trinajstić information content (AvgIpc) is 3.59. The van der Waals surface area contributed by atoms with Gasteiger partial charge < -0.3 is 4.74 Å². The maximum absolute atomic E-state index is 7.41. The van der Waals surface area contributed by atoms with Gasteiger partial charge in [0.05, 0.1) is 12.0 Å². The average molecular weight is 741 g/mol. The van der Waals surface area contributed by atoms with Crippen LogP contribution in [-0.4, -0.2) is 15.0 Å². The van der Waals surface area contributed by atoms with Crippen LogP contribution in [0.2, 0.25) is 0 Å². The first kappa shape index (κ1) is 33.4. The van der Waals surface area contributed by atoms with Gasteiger partial charge in [0.2, 0.25) is 0 Å². The molecule has 2 heterocycles. The third kappa shape index (κ3) is 5.27. The van der Waals surface area contributed by atoms with Gasteiger partial charge in [-0.25, -0.2) is 19.8 Å². The molecule has 9 aromatic rings. The second kappa shape index (κ2) is 13.4. The highest BCUT2D eigenvalue weighted by Crippen LogP contribution is 2.62. The number of para-hydroxylation sites is 1. The van der Waals surface area contributed by atoms with Crippen LogP contribution in [0.1, 0.15) is 22.3 Å². The summed E-state index contributed by atoms with van der Waals surface area (Å²) < 4.78 is 6.76. The summed E-state index contributed by atoms with van der Waals surface area (Å²) in [6, 6.07) is 67.0. The van der Waals surface area contributed by atoms with Gasteiger partial charge in [0.15, 0.2) is 23.2 Å². The van der Waals surface area contributed by atoms with Crippen molar-refractivity contribution in [1.29, 1.82) is 0 Å². The van der Waals surface area contributed by atoms with Crippen LogP contribution < -0.4 is 4.74 Å². The van der Waals surface area contributed by atoms with Crippen LogP contribution in [0.4, 0.5) is 5.69 Å². The monoisotopic (exact) mass is 740 g/mol. The van der Waals surface area contributed by atoms with E-state index in [2.05, 4.69) is 150 Å². The number of fused-ring (bicyclic) bond motifs is 9. The normalized spacial score (nSPS) is 12.7. The predicted molar refractivity (Wildman–Crippen MR) is 231 cm³/mol. The van der Waals surface area contributed by atoms with E-state index in [1.165, 1.54) is 22.3 Å². The summed E-state index contributed by atoms with van der Waals surface area (Å²) in [6.45, 7) is 7.41. The summed E-state index contributed by atoms with van der Waals surface area (Å²) in [5, 5.41) is 0. The molecule has 0 unspecified atom stereocenters. The van der Waals surface area contributed by atoms with Crippen LogP contribution in [-0.2, 0) is 5.41 Å². The van der Waals surface area contributed by atoms with Crippen LogP contribution in [0.3, 0.4) is 0 Å². The number of aromatic nitrogens is 3. The summed E-state index contributed by atoms with van der Waals surface area (Å²) >= 11 is 0. The van der Waals surface area contributed by atoms with E-state index < -0.39 is 5.41 Å². The first-order valence-corrected chi connectivity index (χ1v) is 19.3. The third-order valence-electron chi connectivity index (χ3n) is 11.5. The minimum absolute atomic E-state index is 0.494. The molecule has 270 valence electrons. The molecule has 0 amide bonds. The smallest absolute Gasteiger partial charge is 0.187 e. The van der Waals surface area contributed by atoms with Gasteiger partial charge in [-0.1, -0.05) is 182 Å². The van der Waals surface area contributed by atoms with Crippen molar-refractivity contribution in [2.45, 2.75) is 5.41 Å². The summed E-state index contributed by atoms with van der Waals surface area (Å²) in [5.41, 5.74) is 14.4. The lowest BCUT2D eigenvalue weighted by molar-refractivity contribution is 0.436. The lowest BCUT2D eigenvalue weighted by atomic mass is 9.66. The molecule has 0 N–H and O–H groups in total. The lowest BCUT2D eigenvalue weighted by Crippen LogP contribution is -2.32. The van der Waals surface area contributed by atoms with Crippen molar-refractivity contribution in [2.75, 3.05) is 0 Å². The second-order valence-corrected chi connectivity index (χ2v) is 14.6. The number of hydrogen-bond acceptors (Lipinski definition) is 4. The van der Waals surface area contributed by atoms with Gasteiger partial charge >= 0.3 is 0 Å². The standard InChI is InChI=1S/C53H32N4O/c1-54-41-30-27-39(28-31-41)52-56-50(37-23-19-35(20-24-37)34-11-3-2-4-12-34)55-51(57-52)38-25-21-36(22-26-38)40-29-32-47-49(33-40)58-48-18-10-9-17-46(48)53(47)44-15-7-5-13-42(44)43-14-6-8-16-45(43)53/h2-33H. The van der Waals surface area contributed by atoms with E-state index in [9.17, 15) is 0 Å². The number of ether oxygens (including phenoxy) is 1. The minimum atomic E-state index is -0.494. The molecule has 1 aromatic heterocycles. The van der Waals surface area contributed by atoms with Gasteiger partial charge in [-0.3, -0.25) is 0 Å². The Kier molecular flexibility index (Phi) is 7.70. The molecular formula is C53H32N4O. The quantitative estimate of drug-likeness (QED) is 0.165. The molecule has 1 aliphatic heterocycles. The Morgan fingerprint density at radius 1 is 0.362 bits per heavy atom. The van der Waals surface area contributed by atoms with Gasteiger partial charge in [-0.15, -0.1) is 0 Å². The van der Waals surface area contributed by atoms with Gasteiger partial charge in [-0.05, 0) is 56.6 Å². The highest BCUT2D eigenvalue weighted by molar-refractivity contribution is 5.89. The Balaban J connectivity index is 0.985. The van der Waals surface area contributed by atoms with E-state index in [0.29, 0.717) is 23.2 Å². The summed E-state index contributed by atoms with van der Waals surface area (Å²) in [5.74, 6) is 3.41. The van der Waals surface area contributed by atoms with Gasteiger partial charge in [0, 0.05) is 27.8 Å². The fourth-order valence-electron chi connectivity index (χ4n) is 8.74. The number of rotatable bonds is 5. The zero-order valence-electron chi connectivity index (χ0n) is 31.2. The van der Waals surface area contributed by atoms with Crippen molar-refractivity contribution in [2.24, 2.45) is 0 Å². The minimum Gasteiger partial charge on any atom is -0.457 e. The summed E-state index contributed by atoms with van der Waals surface area (Å²) in [7, 11) is 0. The van der Waals surface area contributed by atoms with Gasteiger partial charge in [-0.2, -0.15) is 0 Å². The summed E-state index contributed by atoms with van der Waals surface area (Å²) in [6.07, 6.45) is 0. The highest BCUT2D eigenvalue weighted by atomic mass is 16.5. The fourth-order valence-corrected chi connectivity index (χ4v) is 8.74. The Hall–Kier alpha value is -7.94. The second-order valence-electron chi connectivity index (χ2n) is 14.6. The van der Waals surface area contributed by atoms with Crippen LogP contribution in [0, 0.1) is 6.57 Å². The van der Waals surface area contributed by atoms with Crippen molar-refractivity contribution in [3.05, 3.63) is 228 Å². The van der Waals surface area contributed by atoms with Crippen LogP contribution in [0.15, 0.2) is 194 Å². The molecule has 0 saturated carbocycles. The van der Waals surface area contributed by atoms with Crippen molar-refractivity contribution >= 4 is 5.69 Å². The zero-order chi connectivity index (χ0) is 38.6. The molecular weight excluding hydrogens is 709 g/mol.